The summed E-state index contributed by atoms with van der Waals surface area (Å²) in [5, 5.41) is 6.27. The molecule has 0 radical (unpaired) electrons. The highest BCUT2D eigenvalue weighted by molar-refractivity contribution is 7.15. The van der Waals surface area contributed by atoms with Gasteiger partial charge in [0.1, 0.15) is 0 Å². The lowest BCUT2D eigenvalue weighted by Gasteiger charge is -2.25. The number of hydrogen-bond donors (Lipinski definition) is 4. The maximum atomic E-state index is 11.5. The smallest absolute Gasteiger partial charge is 0.315 e. The third kappa shape index (κ3) is 4.85. The molecule has 122 valence electrons. The Morgan fingerprint density at radius 2 is 2.27 bits per heavy atom. The zero-order valence-corrected chi connectivity index (χ0v) is 13.7. The van der Waals surface area contributed by atoms with Crippen LogP contribution in [0.5, 0.6) is 0 Å². The molecular formula is C13H23N7OS. The predicted octanol–water partition coefficient (Wildman–Crippen LogP) is 0.114. The second-order valence-corrected chi connectivity index (χ2v) is 6.55. The fourth-order valence-electron chi connectivity index (χ4n) is 2.22. The van der Waals surface area contributed by atoms with Gasteiger partial charge < -0.3 is 22.1 Å². The fraction of sp³-hybridized carbons (Fsp3) is 0.615. The van der Waals surface area contributed by atoms with Gasteiger partial charge in [0.25, 0.3) is 0 Å². The molecule has 2 heterocycles. The number of nitrogens with one attached hydrogen (secondary N) is 2. The maximum Gasteiger partial charge on any atom is 0.315 e. The highest BCUT2D eigenvalue weighted by Gasteiger charge is 2.20. The molecule has 2 amide bonds. The van der Waals surface area contributed by atoms with E-state index in [0.29, 0.717) is 11.7 Å². The van der Waals surface area contributed by atoms with Crippen LogP contribution >= 0.6 is 11.3 Å². The first-order valence-electron chi connectivity index (χ1n) is 7.29. The van der Waals surface area contributed by atoms with Gasteiger partial charge >= 0.3 is 6.03 Å². The molecular weight excluding hydrogens is 302 g/mol. The number of nitrogens with zero attached hydrogens (tertiary/aromatic N) is 3. The topological polar surface area (TPSA) is 122 Å². The van der Waals surface area contributed by atoms with Gasteiger partial charge in [0.2, 0.25) is 5.13 Å². The Bertz CT molecular complexity index is 551. The standard InChI is InChI=1S/C13H23N7OS/c1-8(2)17-12(21)16-4-6-20-5-3-9-10(7-20)22-13(18-9)19-11(14)15/h8H,3-7H2,1-2H3,(H2,16,17,21)(H4,14,15,18,19). The second-order valence-electron chi connectivity index (χ2n) is 5.48. The molecule has 0 saturated heterocycles. The normalized spacial score (nSPS) is 14.5. The number of rotatable bonds is 5. The summed E-state index contributed by atoms with van der Waals surface area (Å²) in [7, 11) is 0. The lowest BCUT2D eigenvalue weighted by atomic mass is 10.2. The van der Waals surface area contributed by atoms with Crippen LogP contribution in [0, 0.1) is 0 Å². The summed E-state index contributed by atoms with van der Waals surface area (Å²) in [6.45, 7) is 7.04. The minimum Gasteiger partial charge on any atom is -0.370 e. The number of fused-ring (bicyclic) bond motifs is 1. The van der Waals surface area contributed by atoms with Crippen molar-refractivity contribution in [3.63, 3.8) is 0 Å². The van der Waals surface area contributed by atoms with E-state index in [9.17, 15) is 4.79 Å². The van der Waals surface area contributed by atoms with Gasteiger partial charge in [0.15, 0.2) is 5.96 Å². The molecule has 2 rings (SSSR count). The van der Waals surface area contributed by atoms with Gasteiger partial charge in [0, 0.05) is 43.5 Å². The van der Waals surface area contributed by atoms with Crippen molar-refractivity contribution in [2.24, 2.45) is 16.5 Å². The summed E-state index contributed by atoms with van der Waals surface area (Å²) in [5.74, 6) is 0.0308. The predicted molar refractivity (Wildman–Crippen MR) is 88.2 cm³/mol. The van der Waals surface area contributed by atoms with Crippen molar-refractivity contribution in [1.29, 1.82) is 0 Å². The molecule has 0 atom stereocenters. The lowest BCUT2D eigenvalue weighted by molar-refractivity contribution is 0.229. The number of nitrogens with two attached hydrogens (primary N) is 2. The minimum atomic E-state index is -0.125. The molecule has 8 nitrogen and oxygen atoms in total. The molecule has 9 heteroatoms. The highest BCUT2D eigenvalue weighted by atomic mass is 32.1. The second kappa shape index (κ2) is 7.41. The fourth-order valence-corrected chi connectivity index (χ4v) is 3.26. The van der Waals surface area contributed by atoms with Crippen LogP contribution in [0.3, 0.4) is 0 Å². The van der Waals surface area contributed by atoms with Crippen molar-refractivity contribution < 1.29 is 4.79 Å². The number of carbonyl (C=O) groups excluding carboxylic acids is 1. The summed E-state index contributed by atoms with van der Waals surface area (Å²) in [6, 6.07) is 0.0178. The number of hydrogen-bond acceptors (Lipinski definition) is 5. The Balaban J connectivity index is 1.81. The first-order valence-corrected chi connectivity index (χ1v) is 8.10. The summed E-state index contributed by atoms with van der Waals surface area (Å²) >= 11 is 1.52. The molecule has 0 aromatic carbocycles. The molecule has 1 aliphatic rings. The van der Waals surface area contributed by atoms with Crippen molar-refractivity contribution >= 4 is 28.5 Å². The van der Waals surface area contributed by atoms with E-state index in [1.54, 1.807) is 0 Å². The van der Waals surface area contributed by atoms with Gasteiger partial charge in [-0.05, 0) is 13.8 Å². The van der Waals surface area contributed by atoms with E-state index in [1.165, 1.54) is 16.2 Å². The van der Waals surface area contributed by atoms with Crippen molar-refractivity contribution in [3.8, 4) is 0 Å². The summed E-state index contributed by atoms with van der Waals surface area (Å²) in [5.41, 5.74) is 11.8. The number of aliphatic imine (C=N–C) groups is 1. The van der Waals surface area contributed by atoms with E-state index in [2.05, 4.69) is 25.5 Å². The molecule has 0 bridgehead atoms. The summed E-state index contributed by atoms with van der Waals surface area (Å²) < 4.78 is 0. The monoisotopic (exact) mass is 325 g/mol. The third-order valence-corrected chi connectivity index (χ3v) is 4.13. The van der Waals surface area contributed by atoms with Crippen molar-refractivity contribution in [2.75, 3.05) is 19.6 Å². The van der Waals surface area contributed by atoms with E-state index >= 15 is 0 Å². The number of urea groups is 1. The van der Waals surface area contributed by atoms with Crippen molar-refractivity contribution in [2.45, 2.75) is 32.9 Å². The van der Waals surface area contributed by atoms with Gasteiger partial charge in [-0.1, -0.05) is 11.3 Å². The average molecular weight is 325 g/mol. The number of thiazole rings is 1. The van der Waals surface area contributed by atoms with Gasteiger partial charge in [-0.15, -0.1) is 0 Å². The first kappa shape index (κ1) is 16.5. The van der Waals surface area contributed by atoms with E-state index in [4.69, 9.17) is 11.5 Å². The molecule has 1 aromatic heterocycles. The Kier molecular flexibility index (Phi) is 5.56. The molecule has 0 spiro atoms. The Morgan fingerprint density at radius 1 is 1.50 bits per heavy atom. The number of amides is 2. The molecule has 22 heavy (non-hydrogen) atoms. The van der Waals surface area contributed by atoms with Crippen molar-refractivity contribution in [1.82, 2.24) is 20.5 Å². The van der Waals surface area contributed by atoms with E-state index in [1.807, 2.05) is 13.8 Å². The van der Waals surface area contributed by atoms with E-state index in [0.717, 1.165) is 31.7 Å². The van der Waals surface area contributed by atoms with Crippen LogP contribution in [0.15, 0.2) is 4.99 Å². The SMILES string of the molecule is CC(C)NC(=O)NCCN1CCc2nc(N=C(N)N)sc2C1. The number of guanidine groups is 1. The van der Waals surface area contributed by atoms with E-state index < -0.39 is 0 Å². The average Bonchev–Trinajstić information content (AvgIpc) is 2.78. The van der Waals surface area contributed by atoms with Crippen LogP contribution in [-0.2, 0) is 13.0 Å². The van der Waals surface area contributed by atoms with E-state index in [-0.39, 0.29) is 18.0 Å². The lowest BCUT2D eigenvalue weighted by Crippen LogP contribution is -2.43. The number of carbonyl (C=O) groups is 1. The summed E-state index contributed by atoms with van der Waals surface area (Å²) in [6.07, 6.45) is 0.879. The van der Waals surface area contributed by atoms with Crippen LogP contribution in [-0.4, -0.2) is 47.6 Å². The Morgan fingerprint density at radius 3 is 2.95 bits per heavy atom. The largest absolute Gasteiger partial charge is 0.370 e. The van der Waals surface area contributed by atoms with Crippen LogP contribution in [0.4, 0.5) is 9.93 Å². The van der Waals surface area contributed by atoms with Crippen LogP contribution < -0.4 is 22.1 Å². The van der Waals surface area contributed by atoms with Gasteiger partial charge in [-0.3, -0.25) is 4.90 Å². The van der Waals surface area contributed by atoms with Gasteiger partial charge in [-0.2, -0.15) is 4.99 Å². The molecule has 0 unspecified atom stereocenters. The first-order chi connectivity index (χ1) is 10.4. The molecule has 0 saturated carbocycles. The maximum absolute atomic E-state index is 11.5. The van der Waals surface area contributed by atoms with Crippen LogP contribution in [0.1, 0.15) is 24.4 Å². The van der Waals surface area contributed by atoms with Crippen LogP contribution in [0.25, 0.3) is 0 Å². The summed E-state index contributed by atoms with van der Waals surface area (Å²) in [4.78, 5) is 23.4. The number of aromatic nitrogens is 1. The Hall–Kier alpha value is -1.87. The zero-order valence-electron chi connectivity index (χ0n) is 12.9. The quantitative estimate of drug-likeness (QED) is 0.452. The van der Waals surface area contributed by atoms with Crippen molar-refractivity contribution in [3.05, 3.63) is 10.6 Å². The molecule has 0 aliphatic carbocycles. The minimum absolute atomic E-state index is 0.0308. The van der Waals surface area contributed by atoms with Crippen LogP contribution in [0.2, 0.25) is 0 Å². The molecule has 6 N–H and O–H groups in total. The Labute approximate surface area is 134 Å². The molecule has 1 aliphatic heterocycles. The highest BCUT2D eigenvalue weighted by Crippen LogP contribution is 2.29. The zero-order chi connectivity index (χ0) is 16.1. The molecule has 0 fully saturated rings. The van der Waals surface area contributed by atoms with Gasteiger partial charge in [0.05, 0.1) is 5.69 Å². The third-order valence-electron chi connectivity index (χ3n) is 3.16. The van der Waals surface area contributed by atoms with Gasteiger partial charge in [-0.25, -0.2) is 9.78 Å². The molecule has 1 aromatic rings.